The molecule has 0 aliphatic rings. The third-order valence-corrected chi connectivity index (χ3v) is 3.33. The van der Waals surface area contributed by atoms with E-state index in [9.17, 15) is 4.79 Å². The highest BCUT2D eigenvalue weighted by Gasteiger charge is 2.12. The van der Waals surface area contributed by atoms with Crippen LogP contribution in [0.15, 0.2) is 29.1 Å². The van der Waals surface area contributed by atoms with Gasteiger partial charge in [0.15, 0.2) is 0 Å². The molecule has 0 saturated carbocycles. The Morgan fingerprint density at radius 2 is 2.37 bits per heavy atom. The second kappa shape index (κ2) is 6.19. The van der Waals surface area contributed by atoms with E-state index in [1.165, 1.54) is 7.11 Å². The van der Waals surface area contributed by atoms with Crippen molar-refractivity contribution in [2.24, 2.45) is 0 Å². The number of ether oxygens (including phenoxy) is 1. The molecule has 5 nitrogen and oxygen atoms in total. The van der Waals surface area contributed by atoms with Gasteiger partial charge in [-0.1, -0.05) is 6.07 Å². The number of hydrogen-bond donors (Lipinski definition) is 2. The maximum absolute atomic E-state index is 11.5. The van der Waals surface area contributed by atoms with Gasteiger partial charge in [-0.05, 0) is 12.1 Å². The average molecular weight is 277 g/mol. The molecule has 100 valence electrons. The zero-order valence-corrected chi connectivity index (χ0v) is 11.4. The fourth-order valence-electron chi connectivity index (χ4n) is 1.69. The van der Waals surface area contributed by atoms with Crippen LogP contribution in [0.4, 0.5) is 11.4 Å². The second-order valence-electron chi connectivity index (χ2n) is 3.91. The third kappa shape index (κ3) is 3.23. The van der Waals surface area contributed by atoms with Gasteiger partial charge >= 0.3 is 5.97 Å². The highest BCUT2D eigenvalue weighted by atomic mass is 32.1. The first-order valence-corrected chi connectivity index (χ1v) is 6.74. The highest BCUT2D eigenvalue weighted by Crippen LogP contribution is 2.23. The number of nitrogens with zero attached hydrogens (tertiary/aromatic N) is 1. The van der Waals surface area contributed by atoms with E-state index >= 15 is 0 Å². The number of carbonyl (C=O) groups is 1. The number of nitrogen functional groups attached to an aromatic ring is 1. The van der Waals surface area contributed by atoms with Crippen molar-refractivity contribution >= 4 is 28.7 Å². The molecule has 0 amide bonds. The van der Waals surface area contributed by atoms with Crippen molar-refractivity contribution in [3.63, 3.8) is 0 Å². The number of anilines is 2. The van der Waals surface area contributed by atoms with Gasteiger partial charge in [0, 0.05) is 18.3 Å². The predicted octanol–water partition coefficient (Wildman–Crippen LogP) is 2.17. The Hall–Kier alpha value is -2.08. The summed E-state index contributed by atoms with van der Waals surface area (Å²) in [7, 11) is 1.34. The molecule has 3 N–H and O–H groups in total. The first-order valence-electron chi connectivity index (χ1n) is 5.80. The summed E-state index contributed by atoms with van der Waals surface area (Å²) in [6, 6.07) is 5.25. The Labute approximate surface area is 115 Å². The van der Waals surface area contributed by atoms with Crippen molar-refractivity contribution in [1.29, 1.82) is 0 Å². The normalized spacial score (nSPS) is 10.2. The number of carbonyl (C=O) groups excluding carboxylic acids is 1. The molecule has 19 heavy (non-hydrogen) atoms. The summed E-state index contributed by atoms with van der Waals surface area (Å²) < 4.78 is 4.68. The SMILES string of the molecule is COC(=O)c1cccc(NCCc2cscn2)c1N. The van der Waals surface area contributed by atoms with Crippen LogP contribution >= 0.6 is 11.3 Å². The molecule has 1 aromatic carbocycles. The number of thiazole rings is 1. The Kier molecular flexibility index (Phi) is 4.35. The summed E-state index contributed by atoms with van der Waals surface area (Å²) in [5, 5.41) is 5.21. The van der Waals surface area contributed by atoms with Gasteiger partial charge in [0.05, 0.1) is 35.3 Å². The number of hydrogen-bond acceptors (Lipinski definition) is 6. The standard InChI is InChI=1S/C13H15N3O2S/c1-18-13(17)10-3-2-4-11(12(10)14)15-6-5-9-7-19-8-16-9/h2-4,7-8,15H,5-6,14H2,1H3. The van der Waals surface area contributed by atoms with Crippen molar-refractivity contribution in [3.05, 3.63) is 40.3 Å². The predicted molar refractivity (Wildman–Crippen MR) is 76.5 cm³/mol. The molecule has 0 fully saturated rings. The van der Waals surface area contributed by atoms with Crippen LogP contribution in [0.3, 0.4) is 0 Å². The summed E-state index contributed by atoms with van der Waals surface area (Å²) in [5.41, 5.74) is 10.3. The largest absolute Gasteiger partial charge is 0.465 e. The maximum Gasteiger partial charge on any atom is 0.340 e. The summed E-state index contributed by atoms with van der Waals surface area (Å²) in [5.74, 6) is -0.430. The van der Waals surface area contributed by atoms with Gasteiger partial charge in [0.25, 0.3) is 0 Å². The second-order valence-corrected chi connectivity index (χ2v) is 4.63. The van der Waals surface area contributed by atoms with Crippen LogP contribution < -0.4 is 11.1 Å². The lowest BCUT2D eigenvalue weighted by Gasteiger charge is -2.11. The zero-order valence-electron chi connectivity index (χ0n) is 10.6. The molecule has 0 spiro atoms. The van der Waals surface area contributed by atoms with Crippen LogP contribution in [0.25, 0.3) is 0 Å². The lowest BCUT2D eigenvalue weighted by molar-refractivity contribution is 0.0602. The Balaban J connectivity index is 2.02. The molecule has 0 aliphatic heterocycles. The minimum Gasteiger partial charge on any atom is -0.465 e. The molecule has 0 atom stereocenters. The van der Waals surface area contributed by atoms with Crippen molar-refractivity contribution < 1.29 is 9.53 Å². The van der Waals surface area contributed by atoms with Crippen LogP contribution in [0.1, 0.15) is 16.1 Å². The van der Waals surface area contributed by atoms with Gasteiger partial charge in [-0.2, -0.15) is 0 Å². The molecule has 1 heterocycles. The molecule has 0 saturated heterocycles. The van der Waals surface area contributed by atoms with Crippen LogP contribution in [-0.2, 0) is 11.2 Å². The molecule has 0 bridgehead atoms. The van der Waals surface area contributed by atoms with Crippen molar-refractivity contribution in [2.45, 2.75) is 6.42 Å². The van der Waals surface area contributed by atoms with E-state index in [1.54, 1.807) is 23.5 Å². The number of esters is 1. The molecule has 0 radical (unpaired) electrons. The fraction of sp³-hybridized carbons (Fsp3) is 0.231. The molecular formula is C13H15N3O2S. The molecule has 2 rings (SSSR count). The minimum absolute atomic E-state index is 0.376. The average Bonchev–Trinajstić information content (AvgIpc) is 2.93. The lowest BCUT2D eigenvalue weighted by atomic mass is 10.1. The van der Waals surface area contributed by atoms with Crippen LogP contribution in [0.2, 0.25) is 0 Å². The molecule has 0 aliphatic carbocycles. The molecular weight excluding hydrogens is 262 g/mol. The van der Waals surface area contributed by atoms with Gasteiger partial charge in [-0.15, -0.1) is 11.3 Å². The van der Waals surface area contributed by atoms with Crippen molar-refractivity contribution in [1.82, 2.24) is 4.98 Å². The maximum atomic E-state index is 11.5. The first kappa shape index (κ1) is 13.4. The Bertz CT molecular complexity index is 555. The molecule has 1 aromatic heterocycles. The van der Waals surface area contributed by atoms with Crippen molar-refractivity contribution in [3.8, 4) is 0 Å². The topological polar surface area (TPSA) is 77.2 Å². The Morgan fingerprint density at radius 3 is 3.05 bits per heavy atom. The zero-order chi connectivity index (χ0) is 13.7. The van der Waals surface area contributed by atoms with E-state index in [4.69, 9.17) is 5.73 Å². The Morgan fingerprint density at radius 1 is 1.53 bits per heavy atom. The first-order chi connectivity index (χ1) is 9.22. The van der Waals surface area contributed by atoms with Gasteiger partial charge in [0.2, 0.25) is 0 Å². The summed E-state index contributed by atoms with van der Waals surface area (Å²) in [6.45, 7) is 0.707. The molecule has 0 unspecified atom stereocenters. The molecule has 6 heteroatoms. The van der Waals surface area contributed by atoms with Gasteiger partial charge in [-0.3, -0.25) is 0 Å². The van der Waals surface area contributed by atoms with E-state index in [1.807, 2.05) is 17.0 Å². The lowest BCUT2D eigenvalue weighted by Crippen LogP contribution is -2.11. The highest BCUT2D eigenvalue weighted by molar-refractivity contribution is 7.07. The number of nitrogens with two attached hydrogens (primary N) is 1. The minimum atomic E-state index is -0.430. The van der Waals surface area contributed by atoms with Crippen molar-refractivity contribution in [2.75, 3.05) is 24.7 Å². The number of benzene rings is 1. The number of methoxy groups -OCH3 is 1. The number of rotatable bonds is 5. The third-order valence-electron chi connectivity index (χ3n) is 2.69. The smallest absolute Gasteiger partial charge is 0.340 e. The van der Waals surface area contributed by atoms with Crippen LogP contribution in [-0.4, -0.2) is 24.6 Å². The number of nitrogens with one attached hydrogen (secondary N) is 1. The summed E-state index contributed by atoms with van der Waals surface area (Å²) >= 11 is 1.57. The van der Waals surface area contributed by atoms with E-state index in [2.05, 4.69) is 15.0 Å². The van der Waals surface area contributed by atoms with Gasteiger partial charge in [-0.25, -0.2) is 9.78 Å². The van der Waals surface area contributed by atoms with Crippen LogP contribution in [0, 0.1) is 0 Å². The van der Waals surface area contributed by atoms with E-state index in [0.717, 1.165) is 17.8 Å². The van der Waals surface area contributed by atoms with E-state index in [-0.39, 0.29) is 0 Å². The number of aromatic nitrogens is 1. The quantitative estimate of drug-likeness (QED) is 0.647. The molecule has 2 aromatic rings. The fourth-order valence-corrected chi connectivity index (χ4v) is 2.29. The van der Waals surface area contributed by atoms with E-state index in [0.29, 0.717) is 17.8 Å². The summed E-state index contributed by atoms with van der Waals surface area (Å²) in [4.78, 5) is 15.7. The van der Waals surface area contributed by atoms with E-state index < -0.39 is 5.97 Å². The van der Waals surface area contributed by atoms with Gasteiger partial charge < -0.3 is 15.8 Å². The monoisotopic (exact) mass is 277 g/mol. The summed E-state index contributed by atoms with van der Waals surface area (Å²) in [6.07, 6.45) is 0.811. The van der Waals surface area contributed by atoms with Crippen LogP contribution in [0.5, 0.6) is 0 Å². The van der Waals surface area contributed by atoms with Gasteiger partial charge in [0.1, 0.15) is 0 Å². The number of para-hydroxylation sites is 1.